The van der Waals surface area contributed by atoms with Gasteiger partial charge in [0.05, 0.1) is 104 Å². The molecule has 0 unspecified atom stereocenters. The fourth-order valence-corrected chi connectivity index (χ4v) is 14.9. The van der Waals surface area contributed by atoms with Crippen LogP contribution in [0.25, 0.3) is 33.7 Å². The van der Waals surface area contributed by atoms with Gasteiger partial charge in [-0.3, -0.25) is 52.7 Å². The minimum absolute atomic E-state index is 0.00227. The lowest BCUT2D eigenvalue weighted by Gasteiger charge is -2.44. The first-order valence-electron chi connectivity index (χ1n) is 41.0. The lowest BCUT2D eigenvalue weighted by Crippen LogP contribution is -2.63. The molecule has 37 heteroatoms. The van der Waals surface area contributed by atoms with Crippen LogP contribution in [0.4, 0.5) is 11.4 Å². The van der Waals surface area contributed by atoms with Crippen LogP contribution >= 0.6 is 23.2 Å². The van der Waals surface area contributed by atoms with Gasteiger partial charge in [-0.05, 0) is 58.5 Å². The number of anilines is 2. The van der Waals surface area contributed by atoms with Gasteiger partial charge in [-0.15, -0.1) is 23.2 Å². The van der Waals surface area contributed by atoms with Gasteiger partial charge in [-0.1, -0.05) is 60.7 Å². The Labute approximate surface area is 732 Å². The monoisotopic (exact) mass is 1790 g/mol. The second-order valence-electron chi connectivity index (χ2n) is 29.0. The number of benzene rings is 5. The van der Waals surface area contributed by atoms with Gasteiger partial charge in [0.1, 0.15) is 55.6 Å². The van der Waals surface area contributed by atoms with Crippen molar-refractivity contribution in [2.75, 3.05) is 154 Å². The number of hydrogen-bond acceptors (Lipinski definition) is 32. The maximum atomic E-state index is 15.0. The topological polar surface area (TPSA) is 408 Å². The number of carbonyl (C=O) groups is 12. The van der Waals surface area contributed by atoms with E-state index in [0.29, 0.717) is 153 Å². The van der Waals surface area contributed by atoms with Gasteiger partial charge in [0.2, 0.25) is 30.7 Å². The molecule has 0 radical (unpaired) electrons. The zero-order valence-corrected chi connectivity index (χ0v) is 72.4. The maximum Gasteiger partial charge on any atom is 0.303 e. The average molecular weight is 1790 g/mol. The summed E-state index contributed by atoms with van der Waals surface area (Å²) in [6, 6.07) is 22.6. The molecule has 4 aliphatic heterocycles. The number of esters is 8. The van der Waals surface area contributed by atoms with Gasteiger partial charge < -0.3 is 115 Å². The molecule has 35 nitrogen and oxygen atoms in total. The molecule has 4 aliphatic rings. The summed E-state index contributed by atoms with van der Waals surface area (Å²) in [6.07, 6.45) is -6.20. The molecule has 9 rings (SSSR count). The van der Waals surface area contributed by atoms with E-state index in [1.807, 2.05) is 12.1 Å². The molecule has 0 aromatic heterocycles. The molecule has 4 heterocycles. The number of unbranched alkanes of at least 4 members (excludes halogenated alkanes) is 2. The zero-order valence-electron chi connectivity index (χ0n) is 70.9. The fraction of sp³-hybridized carbons (Fsp3) is 0.523. The van der Waals surface area contributed by atoms with E-state index in [2.05, 4.69) is 5.32 Å². The molecule has 2 saturated heterocycles. The first-order valence-corrected chi connectivity index (χ1v) is 42.0. The number of hydrogen-bond donors (Lipinski definition) is 1. The maximum absolute atomic E-state index is 15.0. The predicted octanol–water partition coefficient (Wildman–Crippen LogP) is 8.05. The number of nitrogens with zero attached hydrogens (tertiary/aromatic N) is 2. The summed E-state index contributed by atoms with van der Waals surface area (Å²) in [7, 11) is 0. The highest BCUT2D eigenvalue weighted by atomic mass is 35.5. The molecule has 0 aliphatic carbocycles. The number of carbonyl (C=O) groups excluding carboxylic acids is 12. The Balaban J connectivity index is 0.898. The van der Waals surface area contributed by atoms with E-state index in [0.717, 1.165) is 61.7 Å². The quantitative estimate of drug-likeness (QED) is 0.00960. The normalized spacial score (nSPS) is 20.8. The molecule has 2 fully saturated rings. The number of fused-ring (bicyclic) bond motifs is 6. The van der Waals surface area contributed by atoms with Gasteiger partial charge in [-0.25, -0.2) is 0 Å². The number of alkyl halides is 2. The minimum atomic E-state index is -1.63. The molecule has 12 atom stereocenters. The van der Waals surface area contributed by atoms with Crippen LogP contribution in [0.5, 0.6) is 17.2 Å². The largest absolute Gasteiger partial charge is 0.491 e. The predicted molar refractivity (Wildman–Crippen MR) is 448 cm³/mol. The highest BCUT2D eigenvalue weighted by Gasteiger charge is 2.56. The summed E-state index contributed by atoms with van der Waals surface area (Å²) in [5.74, 6) is -7.66. The smallest absolute Gasteiger partial charge is 0.303 e. The Bertz CT molecular complexity index is 4580. The van der Waals surface area contributed by atoms with Crippen molar-refractivity contribution in [3.63, 3.8) is 0 Å². The van der Waals surface area contributed by atoms with Gasteiger partial charge in [-0.2, -0.15) is 0 Å². The lowest BCUT2D eigenvalue weighted by molar-refractivity contribution is -0.288. The Kier molecular flexibility index (Phi) is 39.8. The van der Waals surface area contributed by atoms with Crippen molar-refractivity contribution >= 4 is 140 Å². The van der Waals surface area contributed by atoms with Crippen molar-refractivity contribution in [2.45, 2.75) is 154 Å². The number of nitrogens with one attached hydrogen (secondary N) is 1. The van der Waals surface area contributed by atoms with E-state index in [1.165, 1.54) is 22.0 Å². The number of ether oxygens (including phenoxy) is 20. The van der Waals surface area contributed by atoms with Crippen molar-refractivity contribution in [3.05, 3.63) is 113 Å². The second kappa shape index (κ2) is 50.6. The third-order valence-electron chi connectivity index (χ3n) is 19.7. The van der Waals surface area contributed by atoms with E-state index >= 15 is 4.79 Å². The number of rotatable bonds is 50. The molecule has 0 saturated carbocycles. The third kappa shape index (κ3) is 29.6. The molecule has 3 amide bonds. The molecule has 680 valence electrons. The fourth-order valence-electron chi connectivity index (χ4n) is 14.4. The van der Waals surface area contributed by atoms with Crippen LogP contribution in [0, 0.1) is 0 Å². The highest BCUT2D eigenvalue weighted by molar-refractivity contribution is 6.20. The van der Waals surface area contributed by atoms with Crippen LogP contribution in [0.2, 0.25) is 0 Å². The molecule has 5 aromatic carbocycles. The molecule has 125 heavy (non-hydrogen) atoms. The van der Waals surface area contributed by atoms with E-state index in [1.54, 1.807) is 78.9 Å². The van der Waals surface area contributed by atoms with Crippen molar-refractivity contribution in [1.82, 2.24) is 5.32 Å². The van der Waals surface area contributed by atoms with Crippen LogP contribution in [0.3, 0.4) is 0 Å². The molecule has 0 bridgehead atoms. The van der Waals surface area contributed by atoms with Gasteiger partial charge in [0.15, 0.2) is 24.4 Å². The molecular formula is C88H107Cl2N3O32. The summed E-state index contributed by atoms with van der Waals surface area (Å²) in [4.78, 5) is 156. The van der Waals surface area contributed by atoms with Crippen LogP contribution in [0.1, 0.15) is 115 Å². The molecule has 0 spiro atoms. The summed E-state index contributed by atoms with van der Waals surface area (Å²) < 4.78 is 117. The van der Waals surface area contributed by atoms with E-state index in [4.69, 9.17) is 118 Å². The summed E-state index contributed by atoms with van der Waals surface area (Å²) in [6.45, 7) is 12.9. The molecule has 1 N–H and O–H groups in total. The van der Waals surface area contributed by atoms with Crippen LogP contribution in [-0.4, -0.2) is 277 Å². The Hall–Kier alpha value is -10.4. The summed E-state index contributed by atoms with van der Waals surface area (Å²) >= 11 is 13.5. The van der Waals surface area contributed by atoms with E-state index in [-0.39, 0.29) is 81.0 Å². The molecule has 5 aromatic rings. The first kappa shape index (κ1) is 98.4. The van der Waals surface area contributed by atoms with Crippen LogP contribution < -0.4 is 29.3 Å². The Morgan fingerprint density at radius 2 is 0.800 bits per heavy atom. The van der Waals surface area contributed by atoms with Crippen molar-refractivity contribution in [2.24, 2.45) is 0 Å². The zero-order chi connectivity index (χ0) is 89.9. The Morgan fingerprint density at radius 3 is 1.19 bits per heavy atom. The van der Waals surface area contributed by atoms with Gasteiger partial charge in [0.25, 0.3) is 11.8 Å². The minimum Gasteiger partial charge on any atom is -0.491 e. The van der Waals surface area contributed by atoms with Crippen LogP contribution in [0.15, 0.2) is 91.0 Å². The Morgan fingerprint density at radius 1 is 0.424 bits per heavy atom. The summed E-state index contributed by atoms with van der Waals surface area (Å²) in [5, 5.41) is 5.08. The van der Waals surface area contributed by atoms with E-state index < -0.39 is 146 Å². The molecular weight excluding hydrogens is 1680 g/mol. The lowest BCUT2D eigenvalue weighted by atomic mass is 9.95. The SMILES string of the molecule is CC(=O)OC[C@H]1O[C@@H](Oc2cc3c(c4ccccc24)[C@H](CCl)CN3C(=O)/C=C/c2ccc(/C=C/C(=O)N3C[C@@H](CCl)c4c3cc(O[C@@H]3O[C@H](COC(C)=O)[C@H](OC(C)=O)[C@H](OC(C)=O)[C@H]3OC(C)=O)c3ccccc43)c(OCCOCCOCCOCCOCCOCCOCCOCCNC(=O)CCCCC=O)c2)[C@H](OC(C)=O)[C@@H](OC(C)=O)[C@H]1OC(C)=O. The highest BCUT2D eigenvalue weighted by Crippen LogP contribution is 2.49. The number of aldehydes is 1. The van der Waals surface area contributed by atoms with Gasteiger partial charge in [0, 0.05) is 152 Å². The van der Waals surface area contributed by atoms with E-state index in [9.17, 15) is 52.7 Å². The second-order valence-corrected chi connectivity index (χ2v) is 29.7. The van der Waals surface area contributed by atoms with Gasteiger partial charge >= 0.3 is 47.8 Å². The third-order valence-corrected chi connectivity index (χ3v) is 20.4. The van der Waals surface area contributed by atoms with Crippen molar-refractivity contribution in [3.8, 4) is 17.2 Å². The van der Waals surface area contributed by atoms with Crippen molar-refractivity contribution in [1.29, 1.82) is 0 Å². The summed E-state index contributed by atoms with van der Waals surface area (Å²) in [5.41, 5.74) is 3.11. The van der Waals surface area contributed by atoms with Crippen molar-refractivity contribution < 1.29 is 152 Å². The average Bonchev–Trinajstić information content (AvgIpc) is 1.65. The first-order chi connectivity index (χ1) is 60.3. The number of halogens is 2. The number of amides is 3. The standard InChI is InChI=1S/C88H107Cl2N3O32/c1-53(95)114-51-74-81(116-55(3)97)83(118-57(5)99)85(120-59(7)101)87(124-74)122-72-45-69-79(67-18-13-11-16-65(67)72)63(47-89)49-92(69)77(104)25-22-61-21-23-62(71(44-61)113-43-42-112-41-40-111-39-38-110-37-36-109-35-34-108-33-32-107-31-30-106-29-27-91-76(103)20-10-9-15-28-94)24-26-78(105)93-50-64(48-90)80-68-19-14-12-17-66(68)73(46-70(80)93)123-88-86(121-60(8)102)84(119-58(6)100)82(117-56(4)98)75(125-88)52-115-54(2)96/h11-14,16-19,21-26,28,44-46,63-64,74-75,81-88H,9-10,15,20,27,29-43,47-52H2,1-8H3,(H,91,103)/b25-22+,26-24+/t63-,64-,74-,75-,81+,82+,83+,84+,85-,86-,87-,88-/m1/s1. The van der Waals surface area contributed by atoms with Crippen LogP contribution in [-0.2, 0) is 138 Å².